The molecule has 168 valence electrons. The Morgan fingerprint density at radius 3 is 2.66 bits per heavy atom. The van der Waals surface area contributed by atoms with Crippen LogP contribution in [0.15, 0.2) is 51.2 Å². The summed E-state index contributed by atoms with van der Waals surface area (Å²) in [6.45, 7) is 2.04. The average Bonchev–Trinajstić information content (AvgIpc) is 3.51. The van der Waals surface area contributed by atoms with Crippen molar-refractivity contribution in [1.29, 1.82) is 0 Å². The highest BCUT2D eigenvalue weighted by molar-refractivity contribution is 9.10. The highest BCUT2D eigenvalue weighted by Crippen LogP contribution is 2.41. The predicted molar refractivity (Wildman–Crippen MR) is 128 cm³/mol. The van der Waals surface area contributed by atoms with Crippen molar-refractivity contribution in [2.45, 2.75) is 35.7 Å². The maximum atomic E-state index is 12.5. The second-order valence-electron chi connectivity index (χ2n) is 7.43. The van der Waals surface area contributed by atoms with Gasteiger partial charge in [-0.25, -0.2) is 13.6 Å². The van der Waals surface area contributed by atoms with Crippen molar-refractivity contribution in [3.63, 3.8) is 0 Å². The first kappa shape index (κ1) is 23.2. The van der Waals surface area contributed by atoms with Crippen LogP contribution in [-0.4, -0.2) is 34.8 Å². The molecule has 1 aromatic heterocycles. The van der Waals surface area contributed by atoms with E-state index in [4.69, 9.17) is 16.7 Å². The maximum Gasteiger partial charge on any atom is 0.238 e. The molecule has 1 amide bonds. The molecule has 32 heavy (non-hydrogen) atoms. The van der Waals surface area contributed by atoms with E-state index in [1.54, 1.807) is 0 Å². The first-order chi connectivity index (χ1) is 15.1. The first-order valence-corrected chi connectivity index (χ1v) is 13.3. The number of aryl methyl sites for hydroxylation is 1. The number of nitrogens with one attached hydrogen (secondary N) is 1. The van der Waals surface area contributed by atoms with Gasteiger partial charge < -0.3 is 5.32 Å². The molecule has 0 saturated heterocycles. The molecule has 1 aliphatic rings. The Labute approximate surface area is 203 Å². The summed E-state index contributed by atoms with van der Waals surface area (Å²) in [6, 6.07) is 10.2. The van der Waals surface area contributed by atoms with Gasteiger partial charge in [0.05, 0.1) is 27.0 Å². The number of anilines is 1. The van der Waals surface area contributed by atoms with Crippen LogP contribution in [-0.2, 0) is 14.8 Å². The lowest BCUT2D eigenvalue weighted by atomic mass is 10.1. The Hall–Kier alpha value is -1.92. The minimum Gasteiger partial charge on any atom is -0.324 e. The zero-order valence-electron chi connectivity index (χ0n) is 16.9. The second kappa shape index (κ2) is 9.14. The average molecular weight is 557 g/mol. The fourth-order valence-corrected chi connectivity index (χ4v) is 5.37. The second-order valence-corrected chi connectivity index (χ2v) is 11.1. The number of nitrogens with zero attached hydrogens (tertiary/aromatic N) is 3. The molecule has 8 nitrogen and oxygen atoms in total. The SMILES string of the molecule is Cc1cc(C2CC2)ccc1-n1c(Br)nnc1SCC(=O)Nc1ccc(S(N)(=O)=O)cc1Cl. The lowest BCUT2D eigenvalue weighted by Gasteiger charge is -2.12. The third kappa shape index (κ3) is 5.18. The van der Waals surface area contributed by atoms with Gasteiger partial charge in [0.2, 0.25) is 20.7 Å². The fraction of sp³-hybridized carbons (Fsp3) is 0.250. The molecule has 3 N–H and O–H groups in total. The molecule has 0 radical (unpaired) electrons. The van der Waals surface area contributed by atoms with E-state index in [-0.39, 0.29) is 21.6 Å². The molecule has 3 aromatic rings. The molecule has 12 heteroatoms. The number of hydrogen-bond acceptors (Lipinski definition) is 6. The Morgan fingerprint density at radius 2 is 2.03 bits per heavy atom. The molecule has 0 unspecified atom stereocenters. The zero-order chi connectivity index (χ0) is 23.0. The van der Waals surface area contributed by atoms with Crippen LogP contribution in [0.5, 0.6) is 0 Å². The molecular formula is C20H19BrClN5O3S2. The van der Waals surface area contributed by atoms with Gasteiger partial charge in [-0.05, 0) is 77.0 Å². The van der Waals surface area contributed by atoms with Crippen LogP contribution in [0.1, 0.15) is 29.9 Å². The van der Waals surface area contributed by atoms with Crippen molar-refractivity contribution < 1.29 is 13.2 Å². The molecule has 1 heterocycles. The van der Waals surface area contributed by atoms with E-state index < -0.39 is 10.0 Å². The molecule has 0 spiro atoms. The van der Waals surface area contributed by atoms with Crippen LogP contribution in [0.25, 0.3) is 5.69 Å². The molecule has 0 aliphatic heterocycles. The van der Waals surface area contributed by atoms with Crippen LogP contribution in [0.3, 0.4) is 0 Å². The number of benzene rings is 2. The van der Waals surface area contributed by atoms with E-state index >= 15 is 0 Å². The van der Waals surface area contributed by atoms with Crippen LogP contribution < -0.4 is 10.5 Å². The number of thioether (sulfide) groups is 1. The summed E-state index contributed by atoms with van der Waals surface area (Å²) >= 11 is 10.8. The number of halogens is 2. The lowest BCUT2D eigenvalue weighted by molar-refractivity contribution is -0.113. The number of sulfonamides is 1. The summed E-state index contributed by atoms with van der Waals surface area (Å²) in [5.41, 5.74) is 3.67. The highest BCUT2D eigenvalue weighted by Gasteiger charge is 2.24. The van der Waals surface area contributed by atoms with Crippen molar-refractivity contribution in [3.05, 3.63) is 57.3 Å². The first-order valence-electron chi connectivity index (χ1n) is 9.60. The summed E-state index contributed by atoms with van der Waals surface area (Å²) in [5.74, 6) is 0.389. The Kier molecular flexibility index (Phi) is 6.64. The van der Waals surface area contributed by atoms with Gasteiger partial charge in [0.1, 0.15) is 0 Å². The maximum absolute atomic E-state index is 12.5. The number of nitrogens with two attached hydrogens (primary N) is 1. The minimum atomic E-state index is -3.88. The predicted octanol–water partition coefficient (Wildman–Crippen LogP) is 4.25. The standard InChI is InChI=1S/C20H19BrClN5O3S2/c1-11-8-13(12-2-3-12)4-7-17(11)27-19(21)25-26-20(27)31-10-18(28)24-16-6-5-14(9-15(16)22)32(23,29)30/h4-9,12H,2-3,10H2,1H3,(H,24,28)(H2,23,29,30). The number of rotatable bonds is 7. The number of primary sulfonamides is 1. The van der Waals surface area contributed by atoms with Gasteiger partial charge >= 0.3 is 0 Å². The van der Waals surface area contributed by atoms with Gasteiger partial charge in [0.25, 0.3) is 0 Å². The molecule has 0 atom stereocenters. The van der Waals surface area contributed by atoms with E-state index in [9.17, 15) is 13.2 Å². The molecule has 2 aromatic carbocycles. The summed E-state index contributed by atoms with van der Waals surface area (Å²) in [6.07, 6.45) is 2.47. The van der Waals surface area contributed by atoms with Gasteiger partial charge in [0.15, 0.2) is 5.16 Å². The van der Waals surface area contributed by atoms with Gasteiger partial charge in [-0.3, -0.25) is 9.36 Å². The van der Waals surface area contributed by atoms with E-state index in [1.807, 2.05) is 17.6 Å². The zero-order valence-corrected chi connectivity index (χ0v) is 20.9. The van der Waals surface area contributed by atoms with E-state index in [0.29, 0.717) is 21.5 Å². The quantitative estimate of drug-likeness (QED) is 0.420. The number of aromatic nitrogens is 3. The van der Waals surface area contributed by atoms with Crippen molar-refractivity contribution >= 4 is 60.9 Å². The van der Waals surface area contributed by atoms with E-state index in [2.05, 4.69) is 43.6 Å². The van der Waals surface area contributed by atoms with Crippen LogP contribution >= 0.6 is 39.3 Å². The van der Waals surface area contributed by atoms with Crippen molar-refractivity contribution in [3.8, 4) is 5.69 Å². The largest absolute Gasteiger partial charge is 0.324 e. The van der Waals surface area contributed by atoms with Crippen molar-refractivity contribution in [2.24, 2.45) is 5.14 Å². The lowest BCUT2D eigenvalue weighted by Crippen LogP contribution is -2.16. The molecular weight excluding hydrogens is 538 g/mol. The number of carbonyl (C=O) groups excluding carboxylic acids is 1. The van der Waals surface area contributed by atoms with Crippen LogP contribution in [0.2, 0.25) is 5.02 Å². The fourth-order valence-electron chi connectivity index (χ4n) is 3.24. The van der Waals surface area contributed by atoms with Gasteiger partial charge in [-0.2, -0.15) is 0 Å². The third-order valence-corrected chi connectivity index (χ3v) is 7.65. The Morgan fingerprint density at radius 1 is 1.28 bits per heavy atom. The Balaban J connectivity index is 1.47. The molecule has 0 bridgehead atoms. The highest BCUT2D eigenvalue weighted by atomic mass is 79.9. The van der Waals surface area contributed by atoms with Gasteiger partial charge in [0, 0.05) is 0 Å². The Bertz CT molecular complexity index is 1310. The topological polar surface area (TPSA) is 120 Å². The monoisotopic (exact) mass is 555 g/mol. The molecule has 1 fully saturated rings. The van der Waals surface area contributed by atoms with Crippen molar-refractivity contribution in [2.75, 3.05) is 11.1 Å². The summed E-state index contributed by atoms with van der Waals surface area (Å²) in [7, 11) is -3.88. The van der Waals surface area contributed by atoms with E-state index in [0.717, 1.165) is 11.3 Å². The normalized spacial score (nSPS) is 13.9. The number of amides is 1. The summed E-state index contributed by atoms with van der Waals surface area (Å²) < 4.78 is 25.2. The molecule has 1 saturated carbocycles. The summed E-state index contributed by atoms with van der Waals surface area (Å²) in [4.78, 5) is 12.3. The third-order valence-electron chi connectivity index (χ3n) is 4.98. The molecule has 4 rings (SSSR count). The van der Waals surface area contributed by atoms with Crippen LogP contribution in [0.4, 0.5) is 5.69 Å². The van der Waals surface area contributed by atoms with Gasteiger partial charge in [-0.15, -0.1) is 10.2 Å². The smallest absolute Gasteiger partial charge is 0.238 e. The van der Waals surface area contributed by atoms with Crippen molar-refractivity contribution in [1.82, 2.24) is 14.8 Å². The van der Waals surface area contributed by atoms with E-state index in [1.165, 1.54) is 48.4 Å². The molecule has 1 aliphatic carbocycles. The van der Waals surface area contributed by atoms with Gasteiger partial charge in [-0.1, -0.05) is 35.5 Å². The minimum absolute atomic E-state index is 0.0532. The number of carbonyl (C=O) groups is 1. The number of hydrogen-bond donors (Lipinski definition) is 2. The van der Waals surface area contributed by atoms with Crippen LogP contribution in [0, 0.1) is 6.92 Å². The summed E-state index contributed by atoms with van der Waals surface area (Å²) in [5, 5.41) is 16.7.